The van der Waals surface area contributed by atoms with Crippen molar-refractivity contribution in [3.63, 3.8) is 0 Å². The third-order valence-corrected chi connectivity index (χ3v) is 4.66. The Morgan fingerprint density at radius 3 is 3.07 bits per heavy atom. The first-order valence-corrected chi connectivity index (χ1v) is 8.95. The van der Waals surface area contributed by atoms with Crippen LogP contribution in [0.25, 0.3) is 11.1 Å². The van der Waals surface area contributed by atoms with Gasteiger partial charge in [-0.3, -0.25) is 10.1 Å². The van der Waals surface area contributed by atoms with Gasteiger partial charge in [-0.1, -0.05) is 0 Å². The Kier molecular flexibility index (Phi) is 4.82. The van der Waals surface area contributed by atoms with E-state index in [2.05, 4.69) is 20.3 Å². The molecule has 1 aliphatic heterocycles. The number of hydrogen-bond acceptors (Lipinski definition) is 10. The van der Waals surface area contributed by atoms with E-state index in [9.17, 15) is 10.1 Å². The van der Waals surface area contributed by atoms with Gasteiger partial charge in [0.25, 0.3) is 11.7 Å². The lowest BCUT2D eigenvalue weighted by atomic mass is 10.1. The van der Waals surface area contributed by atoms with Gasteiger partial charge in [-0.25, -0.2) is 4.98 Å². The van der Waals surface area contributed by atoms with Crippen LogP contribution in [0.4, 0.5) is 17.7 Å². The van der Waals surface area contributed by atoms with E-state index >= 15 is 0 Å². The van der Waals surface area contributed by atoms with E-state index in [1.165, 1.54) is 25.4 Å². The molecule has 4 rings (SSSR count). The van der Waals surface area contributed by atoms with E-state index < -0.39 is 4.92 Å². The smallest absolute Gasteiger partial charge is 0.298 e. The van der Waals surface area contributed by atoms with Gasteiger partial charge < -0.3 is 19.4 Å². The normalized spacial score (nSPS) is 16.4. The number of nitro benzene ring substituents is 1. The number of nitrogens with one attached hydrogen (secondary N) is 1. The van der Waals surface area contributed by atoms with Crippen molar-refractivity contribution in [3.05, 3.63) is 40.1 Å². The maximum atomic E-state index is 10.9. The van der Waals surface area contributed by atoms with Gasteiger partial charge in [0, 0.05) is 31.3 Å². The highest BCUT2D eigenvalue weighted by Crippen LogP contribution is 2.28. The van der Waals surface area contributed by atoms with E-state index in [-0.39, 0.29) is 23.2 Å². The van der Waals surface area contributed by atoms with Crippen molar-refractivity contribution < 1.29 is 14.1 Å². The summed E-state index contributed by atoms with van der Waals surface area (Å²) in [6.07, 6.45) is 3.21. The molecule has 148 valence electrons. The monoisotopic (exact) mass is 395 g/mol. The molecule has 1 aromatic carbocycles. The van der Waals surface area contributed by atoms with Crippen molar-refractivity contribution in [2.75, 3.05) is 30.4 Å². The molecule has 1 N–H and O–H groups in total. The molecule has 0 saturated carbocycles. The Morgan fingerprint density at radius 1 is 1.45 bits per heavy atom. The molecule has 0 unspecified atom stereocenters. The van der Waals surface area contributed by atoms with Gasteiger partial charge in [0.05, 0.1) is 18.2 Å². The van der Waals surface area contributed by atoms with Crippen LogP contribution in [0.2, 0.25) is 0 Å². The average molecular weight is 395 g/mol. The summed E-state index contributed by atoms with van der Waals surface area (Å²) < 4.78 is 10.9. The lowest BCUT2D eigenvalue weighted by Crippen LogP contribution is -2.42. The largest absolute Gasteiger partial charge is 0.480 e. The number of methoxy groups -OCH3 is 1. The van der Waals surface area contributed by atoms with Crippen molar-refractivity contribution in [3.8, 4) is 11.9 Å². The van der Waals surface area contributed by atoms with E-state index in [0.29, 0.717) is 29.6 Å². The number of rotatable bonds is 5. The molecule has 0 radical (unpaired) electrons. The van der Waals surface area contributed by atoms with E-state index in [1.54, 1.807) is 6.07 Å². The summed E-state index contributed by atoms with van der Waals surface area (Å²) in [6, 6.07) is 6.79. The van der Waals surface area contributed by atoms with Crippen molar-refractivity contribution in [2.45, 2.75) is 18.9 Å². The minimum atomic E-state index is -0.458. The quantitative estimate of drug-likeness (QED) is 0.505. The molecule has 0 bridgehead atoms. The lowest BCUT2D eigenvalue weighted by Gasteiger charge is -2.32. The zero-order valence-corrected chi connectivity index (χ0v) is 15.5. The Labute approximate surface area is 165 Å². The van der Waals surface area contributed by atoms with Gasteiger partial charge in [0.1, 0.15) is 17.1 Å². The Balaban J connectivity index is 1.50. The number of anilines is 2. The second-order valence-electron chi connectivity index (χ2n) is 6.56. The highest BCUT2D eigenvalue weighted by molar-refractivity contribution is 5.77. The Bertz CT molecular complexity index is 1110. The average Bonchev–Trinajstić information content (AvgIpc) is 3.17. The first-order valence-electron chi connectivity index (χ1n) is 8.95. The van der Waals surface area contributed by atoms with Crippen molar-refractivity contribution in [1.29, 1.82) is 5.26 Å². The van der Waals surface area contributed by atoms with Gasteiger partial charge in [-0.05, 0) is 18.9 Å². The summed E-state index contributed by atoms with van der Waals surface area (Å²) in [6.45, 7) is 1.35. The lowest BCUT2D eigenvalue weighted by molar-refractivity contribution is -0.384. The zero-order chi connectivity index (χ0) is 20.4. The maximum Gasteiger partial charge on any atom is 0.298 e. The number of fused-ring (bicyclic) bond motifs is 1. The van der Waals surface area contributed by atoms with Crippen LogP contribution in [0.5, 0.6) is 5.88 Å². The standard InChI is InChI=1S/C18H17N7O4/c1-28-16-11(8-19)9-20-17(23-16)21-12-3-2-6-24(10-12)18-22-14-7-13(25(26)27)4-5-15(14)29-18/h4-5,7,9,12H,2-3,6,10H2,1H3,(H,20,21,23)/t12-/m1/s1. The maximum absolute atomic E-state index is 10.9. The fourth-order valence-electron chi connectivity index (χ4n) is 3.27. The first-order chi connectivity index (χ1) is 14.1. The second kappa shape index (κ2) is 7.59. The predicted molar refractivity (Wildman–Crippen MR) is 103 cm³/mol. The zero-order valence-electron chi connectivity index (χ0n) is 15.5. The molecule has 29 heavy (non-hydrogen) atoms. The molecule has 11 nitrogen and oxygen atoms in total. The van der Waals surface area contributed by atoms with Crippen LogP contribution in [0, 0.1) is 21.4 Å². The molecule has 11 heteroatoms. The number of piperidine rings is 1. The molecule has 1 saturated heterocycles. The number of oxazole rings is 1. The third-order valence-electron chi connectivity index (χ3n) is 4.66. The SMILES string of the molecule is COc1nc(N[C@@H]2CCCN(c3nc4cc([N+](=O)[O-])ccc4o3)C2)ncc1C#N. The second-order valence-corrected chi connectivity index (χ2v) is 6.56. The van der Waals surface area contributed by atoms with E-state index in [0.717, 1.165) is 19.4 Å². The molecule has 2 aromatic heterocycles. The van der Waals surface area contributed by atoms with Gasteiger partial charge >= 0.3 is 0 Å². The number of nitro groups is 1. The number of nitrogens with zero attached hydrogens (tertiary/aromatic N) is 6. The minimum absolute atomic E-state index is 0.0255. The van der Waals surface area contributed by atoms with Crippen LogP contribution in [0.15, 0.2) is 28.8 Å². The Hall–Kier alpha value is -3.94. The van der Waals surface area contributed by atoms with Crippen LogP contribution in [0.3, 0.4) is 0 Å². The van der Waals surface area contributed by atoms with Crippen molar-refractivity contribution in [2.24, 2.45) is 0 Å². The third kappa shape index (κ3) is 3.73. The fourth-order valence-corrected chi connectivity index (χ4v) is 3.27. The number of aromatic nitrogens is 3. The minimum Gasteiger partial charge on any atom is -0.480 e. The number of ether oxygens (including phenoxy) is 1. The van der Waals surface area contributed by atoms with E-state index in [4.69, 9.17) is 14.4 Å². The molecule has 1 aliphatic rings. The van der Waals surface area contributed by atoms with Crippen LogP contribution >= 0.6 is 0 Å². The summed E-state index contributed by atoms with van der Waals surface area (Å²) in [5, 5.41) is 23.2. The van der Waals surface area contributed by atoms with Gasteiger partial charge in [0.15, 0.2) is 5.58 Å². The summed E-state index contributed by atoms with van der Waals surface area (Å²) in [5.41, 5.74) is 1.19. The van der Waals surface area contributed by atoms with Crippen LogP contribution in [-0.2, 0) is 0 Å². The summed E-state index contributed by atoms with van der Waals surface area (Å²) in [7, 11) is 1.45. The highest BCUT2D eigenvalue weighted by Gasteiger charge is 2.25. The van der Waals surface area contributed by atoms with Crippen molar-refractivity contribution >= 4 is 28.8 Å². The number of hydrogen-bond donors (Lipinski definition) is 1. The summed E-state index contributed by atoms with van der Waals surface area (Å²) >= 11 is 0. The van der Waals surface area contributed by atoms with Crippen LogP contribution in [-0.4, -0.2) is 46.1 Å². The fraction of sp³-hybridized carbons (Fsp3) is 0.333. The molecule has 3 aromatic rings. The molecule has 1 atom stereocenters. The molecule has 1 fully saturated rings. The number of nitriles is 1. The first kappa shape index (κ1) is 18.4. The summed E-state index contributed by atoms with van der Waals surface area (Å²) in [5.74, 6) is 0.596. The molecule has 0 aliphatic carbocycles. The molecule has 0 spiro atoms. The molecule has 3 heterocycles. The molecular formula is C18H17N7O4. The number of non-ortho nitro benzene ring substituents is 1. The van der Waals surface area contributed by atoms with Crippen molar-refractivity contribution in [1.82, 2.24) is 15.0 Å². The molecule has 0 amide bonds. The van der Waals surface area contributed by atoms with Gasteiger partial charge in [-0.2, -0.15) is 15.2 Å². The Morgan fingerprint density at radius 2 is 2.31 bits per heavy atom. The molecular weight excluding hydrogens is 378 g/mol. The van der Waals surface area contributed by atoms with Crippen LogP contribution in [0.1, 0.15) is 18.4 Å². The highest BCUT2D eigenvalue weighted by atomic mass is 16.6. The van der Waals surface area contributed by atoms with Gasteiger partial charge in [0.2, 0.25) is 11.8 Å². The predicted octanol–water partition coefficient (Wildman–Crippen LogP) is 2.49. The number of benzene rings is 1. The van der Waals surface area contributed by atoms with Gasteiger partial charge in [-0.15, -0.1) is 0 Å². The topological polar surface area (TPSA) is 143 Å². The van der Waals surface area contributed by atoms with E-state index in [1.807, 2.05) is 11.0 Å². The summed E-state index contributed by atoms with van der Waals surface area (Å²) in [4.78, 5) is 25.3. The van der Waals surface area contributed by atoms with Crippen LogP contribution < -0.4 is 15.0 Å².